The van der Waals surface area contributed by atoms with E-state index in [4.69, 9.17) is 17.3 Å². The average Bonchev–Trinajstić information content (AvgIpc) is 2.23. The van der Waals surface area contributed by atoms with Crippen LogP contribution in [0.1, 0.15) is 26.2 Å². The van der Waals surface area contributed by atoms with E-state index in [1.807, 2.05) is 6.92 Å². The molecule has 2 unspecified atom stereocenters. The van der Waals surface area contributed by atoms with Gasteiger partial charge in [0.2, 0.25) is 5.91 Å². The van der Waals surface area contributed by atoms with Crippen molar-refractivity contribution in [3.8, 4) is 12.3 Å². The molecule has 0 saturated heterocycles. The molecule has 0 radical (unpaired) electrons. The molecule has 0 heterocycles. The van der Waals surface area contributed by atoms with Crippen molar-refractivity contribution < 1.29 is 9.90 Å². The van der Waals surface area contributed by atoms with Crippen LogP contribution in [0.2, 0.25) is 0 Å². The SMILES string of the molecule is C#CCC(N)C(=O)NCCCC(C)CO. The lowest BCUT2D eigenvalue weighted by Crippen LogP contribution is -2.40. The fourth-order valence-corrected chi connectivity index (χ4v) is 1.10. The summed E-state index contributed by atoms with van der Waals surface area (Å²) in [6, 6.07) is -0.606. The Bertz CT molecular complexity index is 223. The van der Waals surface area contributed by atoms with Crippen LogP contribution in [0, 0.1) is 18.3 Å². The maximum atomic E-state index is 11.3. The first-order valence-corrected chi connectivity index (χ1v) is 5.19. The van der Waals surface area contributed by atoms with Crippen LogP contribution in [-0.4, -0.2) is 30.2 Å². The molecule has 0 fully saturated rings. The van der Waals surface area contributed by atoms with Crippen LogP contribution in [0.3, 0.4) is 0 Å². The van der Waals surface area contributed by atoms with Crippen LogP contribution < -0.4 is 11.1 Å². The number of nitrogens with two attached hydrogens (primary N) is 1. The van der Waals surface area contributed by atoms with Crippen molar-refractivity contribution in [3.63, 3.8) is 0 Å². The molecule has 4 N–H and O–H groups in total. The van der Waals surface area contributed by atoms with E-state index in [2.05, 4.69) is 11.2 Å². The van der Waals surface area contributed by atoms with Gasteiger partial charge in [-0.15, -0.1) is 12.3 Å². The van der Waals surface area contributed by atoms with Crippen molar-refractivity contribution in [2.45, 2.75) is 32.2 Å². The fraction of sp³-hybridized carbons (Fsp3) is 0.727. The van der Waals surface area contributed by atoms with Gasteiger partial charge in [0.15, 0.2) is 0 Å². The normalized spacial score (nSPS) is 14.0. The summed E-state index contributed by atoms with van der Waals surface area (Å²) in [4.78, 5) is 11.3. The van der Waals surface area contributed by atoms with E-state index >= 15 is 0 Å². The van der Waals surface area contributed by atoms with Crippen LogP contribution in [0.4, 0.5) is 0 Å². The third-order valence-corrected chi connectivity index (χ3v) is 2.16. The standard InChI is InChI=1S/C11H20N2O2/c1-3-5-10(12)11(15)13-7-4-6-9(2)8-14/h1,9-10,14H,4-8,12H2,2H3,(H,13,15). The van der Waals surface area contributed by atoms with Crippen LogP contribution >= 0.6 is 0 Å². The Balaban J connectivity index is 3.51. The maximum Gasteiger partial charge on any atom is 0.237 e. The Morgan fingerprint density at radius 3 is 2.87 bits per heavy atom. The lowest BCUT2D eigenvalue weighted by molar-refractivity contribution is -0.122. The second-order valence-corrected chi connectivity index (χ2v) is 3.74. The smallest absolute Gasteiger partial charge is 0.237 e. The molecular weight excluding hydrogens is 192 g/mol. The molecule has 0 rings (SSSR count). The molecule has 0 aliphatic carbocycles. The summed E-state index contributed by atoms with van der Waals surface area (Å²) in [7, 11) is 0. The lowest BCUT2D eigenvalue weighted by Gasteiger charge is -2.11. The molecule has 0 aromatic heterocycles. The van der Waals surface area contributed by atoms with Crippen LogP contribution in [0.25, 0.3) is 0 Å². The second-order valence-electron chi connectivity index (χ2n) is 3.74. The Morgan fingerprint density at radius 1 is 1.67 bits per heavy atom. The van der Waals surface area contributed by atoms with E-state index < -0.39 is 6.04 Å². The summed E-state index contributed by atoms with van der Waals surface area (Å²) in [6.07, 6.45) is 7.04. The number of amides is 1. The van der Waals surface area contributed by atoms with Crippen molar-refractivity contribution in [2.75, 3.05) is 13.2 Å². The average molecular weight is 212 g/mol. The number of hydrogen-bond acceptors (Lipinski definition) is 3. The van der Waals surface area contributed by atoms with Gasteiger partial charge in [0, 0.05) is 19.6 Å². The van der Waals surface area contributed by atoms with Gasteiger partial charge in [0.1, 0.15) is 0 Å². The highest BCUT2D eigenvalue weighted by Gasteiger charge is 2.10. The van der Waals surface area contributed by atoms with E-state index in [1.165, 1.54) is 0 Å². The number of aliphatic hydroxyl groups excluding tert-OH is 1. The minimum atomic E-state index is -0.606. The number of nitrogens with one attached hydrogen (secondary N) is 1. The van der Waals surface area contributed by atoms with E-state index in [0.29, 0.717) is 6.54 Å². The first-order valence-electron chi connectivity index (χ1n) is 5.19. The Morgan fingerprint density at radius 2 is 2.33 bits per heavy atom. The van der Waals surface area contributed by atoms with E-state index in [-0.39, 0.29) is 24.9 Å². The predicted molar refractivity (Wildman–Crippen MR) is 59.9 cm³/mol. The monoisotopic (exact) mass is 212 g/mol. The molecule has 0 saturated carbocycles. The predicted octanol–water partition coefficient (Wildman–Crippen LogP) is -0.138. The van der Waals surface area contributed by atoms with Gasteiger partial charge in [0.05, 0.1) is 6.04 Å². The molecule has 0 spiro atoms. The fourth-order valence-electron chi connectivity index (χ4n) is 1.10. The Kier molecular flexibility index (Phi) is 7.69. The van der Waals surface area contributed by atoms with Gasteiger partial charge in [-0.3, -0.25) is 4.79 Å². The zero-order valence-electron chi connectivity index (χ0n) is 9.20. The molecule has 1 amide bonds. The molecule has 0 aromatic carbocycles. The molecule has 15 heavy (non-hydrogen) atoms. The second kappa shape index (κ2) is 8.27. The number of aliphatic hydroxyl groups is 1. The molecule has 4 nitrogen and oxygen atoms in total. The summed E-state index contributed by atoms with van der Waals surface area (Å²) in [5.41, 5.74) is 5.50. The number of carbonyl (C=O) groups is 1. The molecule has 0 aliphatic rings. The zero-order chi connectivity index (χ0) is 11.7. The molecule has 4 heteroatoms. The van der Waals surface area contributed by atoms with Crippen LogP contribution in [0.15, 0.2) is 0 Å². The largest absolute Gasteiger partial charge is 0.396 e. The quantitative estimate of drug-likeness (QED) is 0.406. The summed E-state index contributed by atoms with van der Waals surface area (Å²) >= 11 is 0. The van der Waals surface area contributed by atoms with Crippen molar-refractivity contribution in [3.05, 3.63) is 0 Å². The number of hydrogen-bond donors (Lipinski definition) is 3. The number of terminal acetylenes is 1. The van der Waals surface area contributed by atoms with E-state index in [0.717, 1.165) is 12.8 Å². The van der Waals surface area contributed by atoms with Crippen molar-refractivity contribution >= 4 is 5.91 Å². The minimum Gasteiger partial charge on any atom is -0.396 e. The minimum absolute atomic E-state index is 0.185. The maximum absolute atomic E-state index is 11.3. The van der Waals surface area contributed by atoms with Crippen LogP contribution in [0.5, 0.6) is 0 Å². The third-order valence-electron chi connectivity index (χ3n) is 2.16. The number of carbonyl (C=O) groups excluding carboxylic acids is 1. The highest BCUT2D eigenvalue weighted by atomic mass is 16.3. The highest BCUT2D eigenvalue weighted by molar-refractivity contribution is 5.81. The van der Waals surface area contributed by atoms with Crippen molar-refractivity contribution in [2.24, 2.45) is 11.7 Å². The molecular formula is C11H20N2O2. The first-order chi connectivity index (χ1) is 7.11. The summed E-state index contributed by atoms with van der Waals surface area (Å²) < 4.78 is 0. The van der Waals surface area contributed by atoms with Crippen LogP contribution in [-0.2, 0) is 4.79 Å². The topological polar surface area (TPSA) is 75.4 Å². The summed E-state index contributed by atoms with van der Waals surface area (Å²) in [6.45, 7) is 2.73. The van der Waals surface area contributed by atoms with Gasteiger partial charge < -0.3 is 16.2 Å². The molecule has 0 bridgehead atoms. The van der Waals surface area contributed by atoms with Gasteiger partial charge in [-0.2, -0.15) is 0 Å². The zero-order valence-corrected chi connectivity index (χ0v) is 9.20. The van der Waals surface area contributed by atoms with Gasteiger partial charge in [-0.05, 0) is 18.8 Å². The first kappa shape index (κ1) is 13.9. The van der Waals surface area contributed by atoms with Gasteiger partial charge in [-0.25, -0.2) is 0 Å². The van der Waals surface area contributed by atoms with Gasteiger partial charge in [0.25, 0.3) is 0 Å². The Labute approximate surface area is 91.2 Å². The van der Waals surface area contributed by atoms with Gasteiger partial charge in [-0.1, -0.05) is 6.92 Å². The number of rotatable bonds is 7. The lowest BCUT2D eigenvalue weighted by atomic mass is 10.1. The van der Waals surface area contributed by atoms with E-state index in [1.54, 1.807) is 0 Å². The van der Waals surface area contributed by atoms with E-state index in [9.17, 15) is 4.79 Å². The van der Waals surface area contributed by atoms with Crippen molar-refractivity contribution in [1.82, 2.24) is 5.32 Å². The van der Waals surface area contributed by atoms with Crippen molar-refractivity contribution in [1.29, 1.82) is 0 Å². The summed E-state index contributed by atoms with van der Waals surface area (Å²) in [5, 5.41) is 11.5. The molecule has 0 aromatic rings. The molecule has 0 aliphatic heterocycles. The van der Waals surface area contributed by atoms with Gasteiger partial charge >= 0.3 is 0 Å². The Hall–Kier alpha value is -1.05. The molecule has 86 valence electrons. The third kappa shape index (κ3) is 6.95. The summed E-state index contributed by atoms with van der Waals surface area (Å²) in [5.74, 6) is 2.42. The molecule has 2 atom stereocenters. The highest BCUT2D eigenvalue weighted by Crippen LogP contribution is 2.02.